The second kappa shape index (κ2) is 7.02. The number of carboxylic acid groups (broad SMARTS) is 1. The molecular weight excluding hydrogens is 294 g/mol. The monoisotopic (exact) mass is 319 g/mol. The molecule has 1 unspecified atom stereocenters. The number of aliphatic carboxylic acids is 1. The Morgan fingerprint density at radius 1 is 1.26 bits per heavy atom. The Morgan fingerprint density at radius 2 is 1.87 bits per heavy atom. The zero-order chi connectivity index (χ0) is 17.0. The average Bonchev–Trinajstić information content (AvgIpc) is 3.26. The first-order valence-corrected chi connectivity index (χ1v) is 8.03. The van der Waals surface area contributed by atoms with Crippen molar-refractivity contribution >= 4 is 12.1 Å². The number of carbonyl (C=O) groups excluding carboxylic acids is 1. The maximum absolute atomic E-state index is 11.8. The van der Waals surface area contributed by atoms with E-state index in [0.29, 0.717) is 5.92 Å². The van der Waals surface area contributed by atoms with E-state index in [1.807, 2.05) is 12.1 Å². The lowest BCUT2D eigenvalue weighted by atomic mass is 9.94. The zero-order valence-electron chi connectivity index (χ0n) is 14.0. The van der Waals surface area contributed by atoms with Crippen molar-refractivity contribution in [1.29, 1.82) is 0 Å². The second-order valence-electron chi connectivity index (χ2n) is 7.12. The fraction of sp³-hybridized carbons (Fsp3) is 0.556. The number of rotatable bonds is 6. The largest absolute Gasteiger partial charge is 0.481 e. The van der Waals surface area contributed by atoms with Crippen LogP contribution in [0.4, 0.5) is 4.79 Å². The number of amides is 1. The summed E-state index contributed by atoms with van der Waals surface area (Å²) in [5.74, 6) is -0.484. The first-order chi connectivity index (χ1) is 10.7. The molecular formula is C18H25NO4. The summed E-state index contributed by atoms with van der Waals surface area (Å²) < 4.78 is 5.19. The Hall–Kier alpha value is -2.04. The van der Waals surface area contributed by atoms with Gasteiger partial charge in [-0.3, -0.25) is 4.79 Å². The predicted octanol–water partition coefficient (Wildman–Crippen LogP) is 3.65. The van der Waals surface area contributed by atoms with E-state index >= 15 is 0 Å². The molecule has 126 valence electrons. The highest BCUT2D eigenvalue weighted by Crippen LogP contribution is 2.40. The molecule has 0 bridgehead atoms. The van der Waals surface area contributed by atoms with Crippen molar-refractivity contribution in [2.75, 3.05) is 6.54 Å². The number of carboxylic acids is 1. The molecule has 0 saturated heterocycles. The van der Waals surface area contributed by atoms with Gasteiger partial charge in [0, 0.05) is 12.5 Å². The minimum Gasteiger partial charge on any atom is -0.481 e. The number of ether oxygens (including phenoxy) is 1. The fourth-order valence-corrected chi connectivity index (χ4v) is 2.50. The van der Waals surface area contributed by atoms with Crippen molar-refractivity contribution in [3.8, 4) is 0 Å². The van der Waals surface area contributed by atoms with Gasteiger partial charge in [0.2, 0.25) is 0 Å². The molecule has 1 aromatic carbocycles. The molecule has 1 fully saturated rings. The lowest BCUT2D eigenvalue weighted by Gasteiger charge is -2.21. The number of hydrogen-bond acceptors (Lipinski definition) is 3. The van der Waals surface area contributed by atoms with Gasteiger partial charge in [-0.1, -0.05) is 24.3 Å². The van der Waals surface area contributed by atoms with Crippen LogP contribution < -0.4 is 5.32 Å². The highest BCUT2D eigenvalue weighted by Gasteiger charge is 2.24. The van der Waals surface area contributed by atoms with Crippen LogP contribution in [-0.2, 0) is 9.53 Å². The van der Waals surface area contributed by atoms with Gasteiger partial charge < -0.3 is 15.2 Å². The molecule has 5 heteroatoms. The Balaban J connectivity index is 1.98. The minimum absolute atomic E-state index is 0.0292. The van der Waals surface area contributed by atoms with Crippen LogP contribution in [0.3, 0.4) is 0 Å². The molecule has 0 aliphatic heterocycles. The van der Waals surface area contributed by atoms with Crippen LogP contribution in [0, 0.1) is 0 Å². The number of alkyl carbamates (subject to hydrolysis) is 1. The van der Waals surface area contributed by atoms with Gasteiger partial charge in [0.05, 0.1) is 6.42 Å². The Bertz CT molecular complexity index is 555. The third kappa shape index (κ3) is 5.93. The molecule has 5 nitrogen and oxygen atoms in total. The van der Waals surface area contributed by atoms with E-state index in [4.69, 9.17) is 9.84 Å². The molecule has 0 radical (unpaired) electrons. The standard InChI is InChI=1S/C18H25NO4/c1-18(2,3)23-17(22)19-11-15(10-16(20)21)14-8-6-13(7-9-14)12-4-5-12/h6-9,12,15H,4-5,10-11H2,1-3H3,(H,19,22)(H,20,21). The van der Waals surface area contributed by atoms with Crippen LogP contribution >= 0.6 is 0 Å². The van der Waals surface area contributed by atoms with Gasteiger partial charge in [-0.25, -0.2) is 4.79 Å². The SMILES string of the molecule is CC(C)(C)OC(=O)NCC(CC(=O)O)c1ccc(C2CC2)cc1. The van der Waals surface area contributed by atoms with Gasteiger partial charge >= 0.3 is 12.1 Å². The topological polar surface area (TPSA) is 75.6 Å². The van der Waals surface area contributed by atoms with E-state index in [1.54, 1.807) is 20.8 Å². The first kappa shape index (κ1) is 17.3. The van der Waals surface area contributed by atoms with Crippen molar-refractivity contribution in [2.45, 2.75) is 57.5 Å². The molecule has 23 heavy (non-hydrogen) atoms. The van der Waals surface area contributed by atoms with E-state index in [9.17, 15) is 9.59 Å². The van der Waals surface area contributed by atoms with Gasteiger partial charge in [0.25, 0.3) is 0 Å². The highest BCUT2D eigenvalue weighted by atomic mass is 16.6. The van der Waals surface area contributed by atoms with E-state index < -0.39 is 17.7 Å². The van der Waals surface area contributed by atoms with Gasteiger partial charge in [-0.05, 0) is 50.7 Å². The van der Waals surface area contributed by atoms with Crippen LogP contribution in [0.25, 0.3) is 0 Å². The molecule has 2 N–H and O–H groups in total. The molecule has 1 amide bonds. The molecule has 0 spiro atoms. The molecule has 2 rings (SSSR count). The van der Waals surface area contributed by atoms with Gasteiger partial charge in [-0.2, -0.15) is 0 Å². The van der Waals surface area contributed by atoms with Crippen LogP contribution in [0.5, 0.6) is 0 Å². The summed E-state index contributed by atoms with van der Waals surface area (Å²) in [4.78, 5) is 22.8. The highest BCUT2D eigenvalue weighted by molar-refractivity contribution is 5.69. The average molecular weight is 319 g/mol. The fourth-order valence-electron chi connectivity index (χ4n) is 2.50. The smallest absolute Gasteiger partial charge is 0.407 e. The van der Waals surface area contributed by atoms with Crippen molar-refractivity contribution in [2.24, 2.45) is 0 Å². The van der Waals surface area contributed by atoms with Crippen LogP contribution in [0.15, 0.2) is 24.3 Å². The predicted molar refractivity (Wildman–Crippen MR) is 87.6 cm³/mol. The third-order valence-corrected chi connectivity index (χ3v) is 3.77. The van der Waals surface area contributed by atoms with E-state index in [2.05, 4.69) is 17.4 Å². The van der Waals surface area contributed by atoms with Crippen LogP contribution in [0.2, 0.25) is 0 Å². The number of nitrogens with one attached hydrogen (secondary N) is 1. The quantitative estimate of drug-likeness (QED) is 0.839. The number of hydrogen-bond donors (Lipinski definition) is 2. The summed E-state index contributed by atoms with van der Waals surface area (Å²) in [5.41, 5.74) is 1.66. The molecule has 1 aliphatic carbocycles. The molecule has 1 aliphatic rings. The van der Waals surface area contributed by atoms with E-state index in [1.165, 1.54) is 18.4 Å². The molecule has 1 aromatic rings. The van der Waals surface area contributed by atoms with Crippen molar-refractivity contribution in [3.63, 3.8) is 0 Å². The van der Waals surface area contributed by atoms with E-state index in [-0.39, 0.29) is 18.9 Å². The Kier molecular flexibility index (Phi) is 5.29. The van der Waals surface area contributed by atoms with Crippen molar-refractivity contribution < 1.29 is 19.4 Å². The maximum Gasteiger partial charge on any atom is 0.407 e. The van der Waals surface area contributed by atoms with Crippen LogP contribution in [0.1, 0.15) is 63.0 Å². The van der Waals surface area contributed by atoms with Crippen molar-refractivity contribution in [1.82, 2.24) is 5.32 Å². The zero-order valence-corrected chi connectivity index (χ0v) is 14.0. The Labute approximate surface area is 137 Å². The Morgan fingerprint density at radius 3 is 2.35 bits per heavy atom. The summed E-state index contributed by atoms with van der Waals surface area (Å²) in [5, 5.41) is 11.8. The summed E-state index contributed by atoms with van der Waals surface area (Å²) in [6.45, 7) is 5.61. The summed E-state index contributed by atoms with van der Waals surface area (Å²) in [7, 11) is 0. The van der Waals surface area contributed by atoms with E-state index in [0.717, 1.165) is 5.56 Å². The molecule has 0 heterocycles. The second-order valence-corrected chi connectivity index (χ2v) is 7.12. The lowest BCUT2D eigenvalue weighted by Crippen LogP contribution is -2.35. The van der Waals surface area contributed by atoms with Crippen LogP contribution in [-0.4, -0.2) is 29.3 Å². The van der Waals surface area contributed by atoms with Gasteiger partial charge in [-0.15, -0.1) is 0 Å². The van der Waals surface area contributed by atoms with Crippen molar-refractivity contribution in [3.05, 3.63) is 35.4 Å². The molecule has 0 aromatic heterocycles. The normalized spacial score (nSPS) is 15.8. The molecule has 1 saturated carbocycles. The van der Waals surface area contributed by atoms with Gasteiger partial charge in [0.1, 0.15) is 5.60 Å². The third-order valence-electron chi connectivity index (χ3n) is 3.77. The minimum atomic E-state index is -0.882. The maximum atomic E-state index is 11.8. The van der Waals surface area contributed by atoms with Gasteiger partial charge in [0.15, 0.2) is 0 Å². The number of benzene rings is 1. The summed E-state index contributed by atoms with van der Waals surface area (Å²) >= 11 is 0. The summed E-state index contributed by atoms with van der Waals surface area (Å²) in [6.07, 6.45) is 1.91. The summed E-state index contributed by atoms with van der Waals surface area (Å²) in [6, 6.07) is 8.07. The first-order valence-electron chi connectivity index (χ1n) is 8.03. The lowest BCUT2D eigenvalue weighted by molar-refractivity contribution is -0.137. The number of carbonyl (C=O) groups is 2. The molecule has 1 atom stereocenters.